The molecule has 0 aromatic carbocycles. The van der Waals surface area contributed by atoms with E-state index in [9.17, 15) is 18.3 Å². The second-order valence-electron chi connectivity index (χ2n) is 3.49. The number of ketones is 1. The van der Waals surface area contributed by atoms with Crippen molar-refractivity contribution in [2.45, 2.75) is 25.9 Å². The summed E-state index contributed by atoms with van der Waals surface area (Å²) in [5.41, 5.74) is 0. The van der Waals surface area contributed by atoms with Crippen molar-refractivity contribution in [1.29, 1.82) is 0 Å². The Labute approximate surface area is 89.6 Å². The third-order valence-corrected chi connectivity index (χ3v) is 2.88. The normalized spacial score (nSPS) is 15.7. The van der Waals surface area contributed by atoms with Gasteiger partial charge in [-0.15, -0.1) is 0 Å². The van der Waals surface area contributed by atoms with E-state index in [0.717, 1.165) is 6.08 Å². The van der Waals surface area contributed by atoms with Crippen LogP contribution < -0.4 is 0 Å². The smallest absolute Gasteiger partial charge is 0.264 e. The van der Waals surface area contributed by atoms with Gasteiger partial charge in [0.1, 0.15) is 0 Å². The summed E-state index contributed by atoms with van der Waals surface area (Å²) in [5.74, 6) is -1.06. The van der Waals surface area contributed by atoms with Crippen LogP contribution in [0.3, 0.4) is 0 Å². The summed E-state index contributed by atoms with van der Waals surface area (Å²) in [4.78, 5) is 10.9. The highest BCUT2D eigenvalue weighted by atomic mass is 32.2. The minimum atomic E-state index is -4.00. The maximum absolute atomic E-state index is 10.9. The second kappa shape index (κ2) is 5.99. The monoisotopic (exact) mass is 236 g/mol. The Balaban J connectivity index is 4.04. The maximum atomic E-state index is 10.9. The van der Waals surface area contributed by atoms with Gasteiger partial charge in [0.15, 0.2) is 5.78 Å². The molecular weight excluding hydrogens is 220 g/mol. The molecule has 0 saturated heterocycles. The molecule has 5 nitrogen and oxygen atoms in total. The van der Waals surface area contributed by atoms with Crippen molar-refractivity contribution < 1.29 is 22.9 Å². The molecule has 0 aromatic heterocycles. The predicted molar refractivity (Wildman–Crippen MR) is 56.0 cm³/mol. The van der Waals surface area contributed by atoms with Crippen LogP contribution >= 0.6 is 0 Å². The molecule has 0 fully saturated rings. The number of aliphatic hydroxyl groups is 1. The molecule has 0 aliphatic rings. The average molecular weight is 236 g/mol. The van der Waals surface area contributed by atoms with Crippen molar-refractivity contribution >= 4 is 15.9 Å². The standard InChI is InChI=1S/C9H16O5S/c1-3-8(10)6-9(11)7(2)4-5-15(12,13)14/h3,7,9,11H,1,4-6H2,2H3,(H,12,13,14). The minimum Gasteiger partial charge on any atom is -0.392 e. The molecule has 0 spiro atoms. The molecule has 0 aliphatic carbocycles. The van der Waals surface area contributed by atoms with Crippen LogP contribution in [0, 0.1) is 5.92 Å². The van der Waals surface area contributed by atoms with Gasteiger partial charge < -0.3 is 5.11 Å². The van der Waals surface area contributed by atoms with Crippen molar-refractivity contribution in [2.24, 2.45) is 5.92 Å². The minimum absolute atomic E-state index is 0.0733. The molecule has 0 amide bonds. The first-order valence-corrected chi connectivity index (χ1v) is 6.15. The lowest BCUT2D eigenvalue weighted by Gasteiger charge is -2.16. The quantitative estimate of drug-likeness (QED) is 0.493. The number of hydrogen-bond acceptors (Lipinski definition) is 4. The van der Waals surface area contributed by atoms with E-state index in [1.54, 1.807) is 6.92 Å². The van der Waals surface area contributed by atoms with Crippen LogP contribution in [0.4, 0.5) is 0 Å². The Morgan fingerprint density at radius 3 is 2.47 bits per heavy atom. The molecule has 0 aliphatic heterocycles. The van der Waals surface area contributed by atoms with E-state index in [-0.39, 0.29) is 24.5 Å². The molecule has 0 heterocycles. The average Bonchev–Trinajstić information content (AvgIpc) is 2.12. The van der Waals surface area contributed by atoms with Crippen LogP contribution in [-0.4, -0.2) is 35.7 Å². The van der Waals surface area contributed by atoms with E-state index in [1.165, 1.54) is 0 Å². The summed E-state index contributed by atoms with van der Waals surface area (Å²) >= 11 is 0. The van der Waals surface area contributed by atoms with E-state index in [4.69, 9.17) is 4.55 Å². The van der Waals surface area contributed by atoms with Crippen molar-refractivity contribution in [3.63, 3.8) is 0 Å². The SMILES string of the molecule is C=CC(=O)CC(O)C(C)CCS(=O)(=O)O. The van der Waals surface area contributed by atoms with E-state index >= 15 is 0 Å². The van der Waals surface area contributed by atoms with Gasteiger partial charge in [-0.2, -0.15) is 8.42 Å². The van der Waals surface area contributed by atoms with Crippen LogP contribution in [0.5, 0.6) is 0 Å². The number of allylic oxidation sites excluding steroid dienone is 1. The molecule has 2 unspecified atom stereocenters. The summed E-state index contributed by atoms with van der Waals surface area (Å²) in [5, 5.41) is 9.47. The topological polar surface area (TPSA) is 91.7 Å². The van der Waals surface area contributed by atoms with E-state index < -0.39 is 22.0 Å². The van der Waals surface area contributed by atoms with Gasteiger partial charge in [-0.25, -0.2) is 0 Å². The molecule has 88 valence electrons. The van der Waals surface area contributed by atoms with Gasteiger partial charge in [-0.1, -0.05) is 13.5 Å². The van der Waals surface area contributed by atoms with Crippen LogP contribution in [-0.2, 0) is 14.9 Å². The molecule has 0 rings (SSSR count). The fourth-order valence-electron chi connectivity index (χ4n) is 1.02. The Hall–Kier alpha value is -0.720. The summed E-state index contributed by atoms with van der Waals surface area (Å²) in [7, 11) is -4.00. The number of carbonyl (C=O) groups is 1. The summed E-state index contributed by atoms with van der Waals surface area (Å²) in [6.07, 6.45) is 0.247. The molecule has 0 aromatic rings. The highest BCUT2D eigenvalue weighted by Crippen LogP contribution is 2.13. The molecule has 6 heteroatoms. The van der Waals surface area contributed by atoms with Gasteiger partial charge in [0, 0.05) is 6.42 Å². The van der Waals surface area contributed by atoms with E-state index in [1.807, 2.05) is 0 Å². The third-order valence-electron chi connectivity index (χ3n) is 2.13. The molecular formula is C9H16O5S. The third kappa shape index (κ3) is 7.24. The van der Waals surface area contributed by atoms with Crippen LogP contribution in [0.15, 0.2) is 12.7 Å². The first-order valence-electron chi connectivity index (χ1n) is 4.54. The molecule has 15 heavy (non-hydrogen) atoms. The fraction of sp³-hybridized carbons (Fsp3) is 0.667. The lowest BCUT2D eigenvalue weighted by atomic mass is 9.97. The van der Waals surface area contributed by atoms with Gasteiger partial charge in [-0.05, 0) is 18.4 Å². The second-order valence-corrected chi connectivity index (χ2v) is 5.07. The van der Waals surface area contributed by atoms with Crippen LogP contribution in [0.1, 0.15) is 19.8 Å². The molecule has 2 N–H and O–H groups in total. The van der Waals surface area contributed by atoms with Gasteiger partial charge in [0.2, 0.25) is 0 Å². The van der Waals surface area contributed by atoms with Crippen molar-refractivity contribution in [3.05, 3.63) is 12.7 Å². The Morgan fingerprint density at radius 1 is 1.53 bits per heavy atom. The number of carbonyl (C=O) groups excluding carboxylic acids is 1. The zero-order chi connectivity index (χ0) is 12.1. The molecule has 2 atom stereocenters. The molecule has 0 saturated carbocycles. The Bertz CT molecular complexity index is 319. The van der Waals surface area contributed by atoms with Gasteiger partial charge in [0.05, 0.1) is 11.9 Å². The van der Waals surface area contributed by atoms with Crippen molar-refractivity contribution in [2.75, 3.05) is 5.75 Å². The van der Waals surface area contributed by atoms with E-state index in [2.05, 4.69) is 6.58 Å². The summed E-state index contributed by atoms with van der Waals surface area (Å²) in [6.45, 7) is 4.88. The number of aliphatic hydroxyl groups excluding tert-OH is 1. The van der Waals surface area contributed by atoms with Crippen molar-refractivity contribution in [1.82, 2.24) is 0 Å². The fourth-order valence-corrected chi connectivity index (χ4v) is 1.69. The Morgan fingerprint density at radius 2 is 2.07 bits per heavy atom. The van der Waals surface area contributed by atoms with Gasteiger partial charge in [-0.3, -0.25) is 9.35 Å². The molecule has 0 radical (unpaired) electrons. The zero-order valence-corrected chi connectivity index (χ0v) is 9.40. The van der Waals surface area contributed by atoms with Gasteiger partial charge >= 0.3 is 0 Å². The van der Waals surface area contributed by atoms with Gasteiger partial charge in [0.25, 0.3) is 10.1 Å². The molecule has 0 bridgehead atoms. The van der Waals surface area contributed by atoms with Crippen LogP contribution in [0.2, 0.25) is 0 Å². The summed E-state index contributed by atoms with van der Waals surface area (Å²) in [6, 6.07) is 0. The maximum Gasteiger partial charge on any atom is 0.264 e. The highest BCUT2D eigenvalue weighted by Gasteiger charge is 2.18. The largest absolute Gasteiger partial charge is 0.392 e. The first-order chi connectivity index (χ1) is 6.76. The summed E-state index contributed by atoms with van der Waals surface area (Å²) < 4.78 is 29.3. The highest BCUT2D eigenvalue weighted by molar-refractivity contribution is 7.85. The zero-order valence-electron chi connectivity index (χ0n) is 8.59. The first kappa shape index (κ1) is 14.3. The lowest BCUT2D eigenvalue weighted by molar-refractivity contribution is -0.117. The van der Waals surface area contributed by atoms with Crippen LogP contribution in [0.25, 0.3) is 0 Å². The Kier molecular flexibility index (Phi) is 5.71. The van der Waals surface area contributed by atoms with Crippen molar-refractivity contribution in [3.8, 4) is 0 Å². The van der Waals surface area contributed by atoms with E-state index in [0.29, 0.717) is 0 Å². The predicted octanol–water partition coefficient (Wildman–Crippen LogP) is 0.407. The number of rotatable bonds is 7. The number of hydrogen-bond donors (Lipinski definition) is 2. The lowest BCUT2D eigenvalue weighted by Crippen LogP contribution is -2.23.